The number of benzene rings is 2. The largest absolute Gasteiger partial charge is 0.336 e. The van der Waals surface area contributed by atoms with E-state index in [1.165, 1.54) is 0 Å². The summed E-state index contributed by atoms with van der Waals surface area (Å²) in [6, 6.07) is 21.5. The Kier molecular flexibility index (Phi) is 4.72. The van der Waals surface area contributed by atoms with Gasteiger partial charge in [-0.05, 0) is 59.0 Å². The quantitative estimate of drug-likeness (QED) is 0.527. The second-order valence-corrected chi connectivity index (χ2v) is 7.14. The van der Waals surface area contributed by atoms with E-state index in [-0.39, 0.29) is 5.91 Å². The molecule has 5 rings (SSSR count). The molecular weight excluding hydrogens is 378 g/mol. The number of hydrogen-bond donors (Lipinski definition) is 0. The van der Waals surface area contributed by atoms with Crippen molar-refractivity contribution in [3.63, 3.8) is 0 Å². The first-order valence-corrected chi connectivity index (χ1v) is 9.91. The van der Waals surface area contributed by atoms with E-state index in [1.54, 1.807) is 4.68 Å². The van der Waals surface area contributed by atoms with E-state index in [2.05, 4.69) is 20.4 Å². The summed E-state index contributed by atoms with van der Waals surface area (Å²) in [4.78, 5) is 16.9. The molecule has 4 aromatic rings. The average molecular weight is 399 g/mol. The molecule has 2 aromatic carbocycles. The maximum atomic E-state index is 12.9. The molecule has 0 atom stereocenters. The first-order chi connectivity index (χ1) is 14.8. The second kappa shape index (κ2) is 7.82. The van der Waals surface area contributed by atoms with Crippen molar-refractivity contribution >= 4 is 11.9 Å². The lowest BCUT2D eigenvalue weighted by Gasteiger charge is -2.34. The Morgan fingerprint density at radius 3 is 2.17 bits per heavy atom. The molecule has 0 N–H and O–H groups in total. The summed E-state index contributed by atoms with van der Waals surface area (Å²) in [5, 5.41) is 12.2. The molecule has 150 valence electrons. The minimum Gasteiger partial charge on any atom is -0.336 e. The molecule has 2 aromatic heterocycles. The Morgan fingerprint density at radius 1 is 0.767 bits per heavy atom. The molecule has 1 amide bonds. The van der Waals surface area contributed by atoms with Crippen LogP contribution in [0.3, 0.4) is 0 Å². The molecular formula is C22H21N7O. The zero-order valence-corrected chi connectivity index (χ0v) is 16.4. The third-order valence-electron chi connectivity index (χ3n) is 5.32. The zero-order chi connectivity index (χ0) is 20.3. The van der Waals surface area contributed by atoms with Gasteiger partial charge in [0.05, 0.1) is 5.69 Å². The van der Waals surface area contributed by atoms with Crippen molar-refractivity contribution < 1.29 is 4.79 Å². The van der Waals surface area contributed by atoms with E-state index in [9.17, 15) is 4.79 Å². The third-order valence-corrected chi connectivity index (χ3v) is 5.32. The zero-order valence-electron chi connectivity index (χ0n) is 16.4. The summed E-state index contributed by atoms with van der Waals surface area (Å²) in [6.07, 6.45) is 3.97. The van der Waals surface area contributed by atoms with Crippen LogP contribution >= 0.6 is 0 Å². The average Bonchev–Trinajstić information content (AvgIpc) is 3.52. The maximum Gasteiger partial charge on any atom is 0.253 e. The third kappa shape index (κ3) is 3.43. The number of carbonyl (C=O) groups is 1. The number of para-hydroxylation sites is 1. The highest BCUT2D eigenvalue weighted by Gasteiger charge is 2.25. The molecule has 8 heteroatoms. The van der Waals surface area contributed by atoms with Crippen molar-refractivity contribution in [1.82, 2.24) is 29.7 Å². The predicted octanol–water partition coefficient (Wildman–Crippen LogP) is 2.42. The Balaban J connectivity index is 1.25. The van der Waals surface area contributed by atoms with Gasteiger partial charge < -0.3 is 14.4 Å². The van der Waals surface area contributed by atoms with Crippen LogP contribution in [0.2, 0.25) is 0 Å². The molecule has 3 heterocycles. The first kappa shape index (κ1) is 18.1. The van der Waals surface area contributed by atoms with Gasteiger partial charge in [-0.1, -0.05) is 23.3 Å². The number of nitrogens with zero attached hydrogens (tertiary/aromatic N) is 7. The highest BCUT2D eigenvalue weighted by atomic mass is 16.2. The predicted molar refractivity (Wildman–Crippen MR) is 113 cm³/mol. The molecule has 8 nitrogen and oxygen atoms in total. The molecule has 0 spiro atoms. The Bertz CT molecular complexity index is 1110. The van der Waals surface area contributed by atoms with E-state index in [1.807, 2.05) is 88.6 Å². The lowest BCUT2D eigenvalue weighted by atomic mass is 10.1. The number of tetrazole rings is 1. The fraction of sp³-hybridized carbons (Fsp3) is 0.182. The van der Waals surface area contributed by atoms with E-state index in [0.717, 1.165) is 11.4 Å². The topological polar surface area (TPSA) is 72.1 Å². The number of rotatable bonds is 4. The summed E-state index contributed by atoms with van der Waals surface area (Å²) in [6.45, 7) is 2.61. The van der Waals surface area contributed by atoms with Gasteiger partial charge in [-0.25, -0.2) is 0 Å². The fourth-order valence-corrected chi connectivity index (χ4v) is 3.69. The summed E-state index contributed by atoms with van der Waals surface area (Å²) in [7, 11) is 0. The number of carbonyl (C=O) groups excluding carboxylic acids is 1. The van der Waals surface area contributed by atoms with Crippen molar-refractivity contribution in [2.75, 3.05) is 31.1 Å². The maximum absolute atomic E-state index is 12.9. The number of amides is 1. The number of hydrogen-bond acceptors (Lipinski definition) is 5. The minimum absolute atomic E-state index is 0.0522. The fourth-order valence-electron chi connectivity index (χ4n) is 3.69. The van der Waals surface area contributed by atoms with Crippen LogP contribution in [0, 0.1) is 0 Å². The van der Waals surface area contributed by atoms with E-state index < -0.39 is 0 Å². The molecule has 0 aliphatic carbocycles. The van der Waals surface area contributed by atoms with Crippen molar-refractivity contribution in [3.05, 3.63) is 84.7 Å². The van der Waals surface area contributed by atoms with Gasteiger partial charge in [0, 0.05) is 49.8 Å². The summed E-state index contributed by atoms with van der Waals surface area (Å²) >= 11 is 0. The monoisotopic (exact) mass is 399 g/mol. The van der Waals surface area contributed by atoms with E-state index in [4.69, 9.17) is 0 Å². The van der Waals surface area contributed by atoms with Crippen molar-refractivity contribution in [3.8, 4) is 11.4 Å². The normalized spacial score (nSPS) is 14.1. The Labute approximate surface area is 174 Å². The molecule has 1 aliphatic heterocycles. The van der Waals surface area contributed by atoms with Gasteiger partial charge in [0.1, 0.15) is 0 Å². The van der Waals surface area contributed by atoms with Crippen LogP contribution in [0.4, 0.5) is 5.95 Å². The smallest absolute Gasteiger partial charge is 0.253 e. The highest BCUT2D eigenvalue weighted by Crippen LogP contribution is 2.18. The van der Waals surface area contributed by atoms with Crippen LogP contribution in [0.25, 0.3) is 11.4 Å². The number of aromatic nitrogens is 5. The van der Waals surface area contributed by atoms with E-state index >= 15 is 0 Å². The first-order valence-electron chi connectivity index (χ1n) is 9.91. The van der Waals surface area contributed by atoms with Crippen molar-refractivity contribution in [2.24, 2.45) is 0 Å². The standard InChI is InChI=1S/C22H21N7O/c30-21(18-8-10-19(11-9-18)26-12-4-5-13-26)27-14-16-28(17-15-27)22-23-24-25-29(22)20-6-2-1-3-7-20/h1-13H,14-17H2. The number of piperazine rings is 1. The van der Waals surface area contributed by atoms with Gasteiger partial charge in [0.2, 0.25) is 5.95 Å². The van der Waals surface area contributed by atoms with Crippen LogP contribution in [0.5, 0.6) is 0 Å². The van der Waals surface area contributed by atoms with Crippen LogP contribution in [-0.2, 0) is 0 Å². The molecule has 0 radical (unpaired) electrons. The lowest BCUT2D eigenvalue weighted by molar-refractivity contribution is 0.0746. The van der Waals surface area contributed by atoms with Gasteiger partial charge in [0.15, 0.2) is 0 Å². The van der Waals surface area contributed by atoms with Gasteiger partial charge in [-0.15, -0.1) is 0 Å². The summed E-state index contributed by atoms with van der Waals surface area (Å²) in [5.74, 6) is 0.751. The SMILES string of the molecule is O=C(c1ccc(-n2cccc2)cc1)N1CCN(c2nnnn2-c2ccccc2)CC1. The van der Waals surface area contributed by atoms with Gasteiger partial charge in [0.25, 0.3) is 5.91 Å². The molecule has 0 unspecified atom stereocenters. The summed E-state index contributed by atoms with van der Waals surface area (Å²) < 4.78 is 3.75. The van der Waals surface area contributed by atoms with Crippen molar-refractivity contribution in [2.45, 2.75) is 0 Å². The second-order valence-electron chi connectivity index (χ2n) is 7.14. The molecule has 30 heavy (non-hydrogen) atoms. The Hall–Kier alpha value is -3.94. The van der Waals surface area contributed by atoms with E-state index in [0.29, 0.717) is 37.7 Å². The van der Waals surface area contributed by atoms with Gasteiger partial charge in [-0.2, -0.15) is 4.68 Å². The van der Waals surface area contributed by atoms with Gasteiger partial charge in [-0.3, -0.25) is 4.79 Å². The van der Waals surface area contributed by atoms with Crippen LogP contribution in [0.1, 0.15) is 10.4 Å². The van der Waals surface area contributed by atoms with Crippen LogP contribution in [-0.4, -0.2) is 61.8 Å². The number of anilines is 1. The Morgan fingerprint density at radius 2 is 1.47 bits per heavy atom. The molecule has 1 saturated heterocycles. The minimum atomic E-state index is 0.0522. The van der Waals surface area contributed by atoms with Crippen molar-refractivity contribution in [1.29, 1.82) is 0 Å². The molecule has 0 saturated carbocycles. The molecule has 1 fully saturated rings. The molecule has 1 aliphatic rings. The molecule has 0 bridgehead atoms. The summed E-state index contributed by atoms with van der Waals surface area (Å²) in [5.41, 5.74) is 2.65. The van der Waals surface area contributed by atoms with Gasteiger partial charge >= 0.3 is 0 Å². The van der Waals surface area contributed by atoms with Crippen LogP contribution in [0.15, 0.2) is 79.1 Å². The lowest BCUT2D eigenvalue weighted by Crippen LogP contribution is -2.49. The van der Waals surface area contributed by atoms with Crippen LogP contribution < -0.4 is 4.90 Å². The highest BCUT2D eigenvalue weighted by molar-refractivity contribution is 5.94.